The number of nitrogens with two attached hydrogens (primary N) is 1. The van der Waals surface area contributed by atoms with Crippen LogP contribution in [-0.4, -0.2) is 32.4 Å². The Morgan fingerprint density at radius 2 is 1.81 bits per heavy atom. The van der Waals surface area contributed by atoms with Gasteiger partial charge in [-0.1, -0.05) is 29.8 Å². The molecule has 0 saturated carbocycles. The molecule has 9 heteroatoms. The van der Waals surface area contributed by atoms with Gasteiger partial charge in [0.1, 0.15) is 22.2 Å². The van der Waals surface area contributed by atoms with E-state index in [2.05, 4.69) is 5.32 Å². The largest absolute Gasteiger partial charge is 0.489 e. The smallest absolute Gasteiger partial charge is 0.241 e. The van der Waals surface area contributed by atoms with E-state index in [9.17, 15) is 13.2 Å². The Hall–Kier alpha value is -1.80. The number of anilines is 1. The zero-order valence-corrected chi connectivity index (χ0v) is 17.1. The molecule has 1 amide bonds. The van der Waals surface area contributed by atoms with Crippen LogP contribution in [0.2, 0.25) is 5.02 Å². The fourth-order valence-electron chi connectivity index (χ4n) is 2.12. The zero-order valence-electron chi connectivity index (χ0n) is 14.7. The third-order valence-corrected chi connectivity index (χ3v) is 4.96. The number of nitrogens with one attached hydrogen (secondary N) is 1. The van der Waals surface area contributed by atoms with Crippen LogP contribution in [0, 0.1) is 0 Å². The zero-order chi connectivity index (χ0) is 19.2. The second-order valence-corrected chi connectivity index (χ2v) is 8.59. The topological polar surface area (TPSA) is 98.5 Å². The Morgan fingerprint density at radius 3 is 2.41 bits per heavy atom. The minimum atomic E-state index is -3.15. The summed E-state index contributed by atoms with van der Waals surface area (Å²) in [5, 5.41) is 3.29. The summed E-state index contributed by atoms with van der Waals surface area (Å²) in [4.78, 5) is 12.0. The molecule has 2 rings (SSSR count). The van der Waals surface area contributed by atoms with Crippen LogP contribution < -0.4 is 15.8 Å². The lowest BCUT2D eigenvalue weighted by molar-refractivity contribution is -0.117. The number of halogens is 2. The minimum Gasteiger partial charge on any atom is -0.489 e. The first-order valence-corrected chi connectivity index (χ1v) is 10.4. The molecule has 1 atom stereocenters. The van der Waals surface area contributed by atoms with Gasteiger partial charge in [-0.3, -0.25) is 4.79 Å². The van der Waals surface area contributed by atoms with E-state index in [0.29, 0.717) is 23.1 Å². The van der Waals surface area contributed by atoms with Crippen LogP contribution in [0.4, 0.5) is 5.69 Å². The summed E-state index contributed by atoms with van der Waals surface area (Å²) in [6, 6.07) is 13.3. The molecule has 0 radical (unpaired) electrons. The number of hydrogen-bond acceptors (Lipinski definition) is 5. The van der Waals surface area contributed by atoms with Gasteiger partial charge in [0.2, 0.25) is 5.91 Å². The maximum atomic E-state index is 12.0. The van der Waals surface area contributed by atoms with Gasteiger partial charge in [-0.25, -0.2) is 8.42 Å². The number of carbonyl (C=O) groups excluding carboxylic acids is 1. The normalized spacial score (nSPS) is 12.0. The van der Waals surface area contributed by atoms with Crippen molar-refractivity contribution in [1.29, 1.82) is 0 Å². The second kappa shape index (κ2) is 10.5. The molecule has 0 saturated heterocycles. The van der Waals surface area contributed by atoms with Gasteiger partial charge >= 0.3 is 0 Å². The van der Waals surface area contributed by atoms with Gasteiger partial charge < -0.3 is 15.8 Å². The highest BCUT2D eigenvalue weighted by molar-refractivity contribution is 7.90. The van der Waals surface area contributed by atoms with Gasteiger partial charge in [0.05, 0.1) is 11.8 Å². The van der Waals surface area contributed by atoms with Gasteiger partial charge in [-0.15, -0.1) is 12.4 Å². The number of hydrogen-bond donors (Lipinski definition) is 2. The van der Waals surface area contributed by atoms with E-state index in [0.717, 1.165) is 11.8 Å². The second-order valence-electron chi connectivity index (χ2n) is 5.92. The third kappa shape index (κ3) is 8.17. The summed E-state index contributed by atoms with van der Waals surface area (Å²) in [5.74, 6) is 0.0684. The molecule has 0 heterocycles. The minimum absolute atomic E-state index is 0. The van der Waals surface area contributed by atoms with Crippen LogP contribution in [0.3, 0.4) is 0 Å². The highest BCUT2D eigenvalue weighted by atomic mass is 35.5. The molecule has 0 aromatic heterocycles. The molecule has 0 aliphatic carbocycles. The van der Waals surface area contributed by atoms with Gasteiger partial charge in [0, 0.05) is 22.5 Å². The van der Waals surface area contributed by atoms with Crippen molar-refractivity contribution in [3.63, 3.8) is 0 Å². The SMILES string of the molecule is CS(=O)(=O)CCC(N)C(=O)Nc1ccc(OCc2ccccc2Cl)cc1.Cl. The number of benzene rings is 2. The molecular weight excluding hydrogens is 411 g/mol. The van der Waals surface area contributed by atoms with Crippen molar-refractivity contribution in [2.45, 2.75) is 19.1 Å². The Kier molecular flexibility index (Phi) is 9.05. The van der Waals surface area contributed by atoms with E-state index in [1.165, 1.54) is 0 Å². The Bertz CT molecular complexity index is 858. The lowest BCUT2D eigenvalue weighted by Crippen LogP contribution is -2.37. The summed E-state index contributed by atoms with van der Waals surface area (Å²) in [6.07, 6.45) is 1.18. The predicted molar refractivity (Wildman–Crippen MR) is 110 cm³/mol. The monoisotopic (exact) mass is 432 g/mol. The fourth-order valence-corrected chi connectivity index (χ4v) is 2.99. The van der Waals surface area contributed by atoms with Gasteiger partial charge in [-0.2, -0.15) is 0 Å². The standard InChI is InChI=1S/C18H21ClN2O4S.ClH/c1-26(23,24)11-10-17(20)18(22)21-14-6-8-15(9-7-14)25-12-13-4-2-3-5-16(13)19;/h2-9,17H,10-12,20H2,1H3,(H,21,22);1H. The first kappa shape index (κ1) is 23.2. The molecule has 2 aromatic rings. The molecule has 2 aromatic carbocycles. The van der Waals surface area contributed by atoms with Gasteiger partial charge in [0.15, 0.2) is 0 Å². The van der Waals surface area contributed by atoms with Crippen molar-refractivity contribution in [2.75, 3.05) is 17.3 Å². The quantitative estimate of drug-likeness (QED) is 0.667. The van der Waals surface area contributed by atoms with E-state index in [4.69, 9.17) is 22.1 Å². The van der Waals surface area contributed by atoms with E-state index in [1.807, 2.05) is 18.2 Å². The van der Waals surface area contributed by atoms with Crippen molar-refractivity contribution in [2.24, 2.45) is 5.73 Å². The van der Waals surface area contributed by atoms with Crippen LogP contribution in [0.15, 0.2) is 48.5 Å². The van der Waals surface area contributed by atoms with E-state index < -0.39 is 21.8 Å². The first-order chi connectivity index (χ1) is 12.2. The molecule has 148 valence electrons. The Labute approximate surface area is 170 Å². The summed E-state index contributed by atoms with van der Waals surface area (Å²) in [6.45, 7) is 0.335. The van der Waals surface area contributed by atoms with Gasteiger partial charge in [0.25, 0.3) is 0 Å². The average molecular weight is 433 g/mol. The van der Waals surface area contributed by atoms with Crippen molar-refractivity contribution in [3.8, 4) is 5.75 Å². The molecular formula is C18H22Cl2N2O4S. The van der Waals surface area contributed by atoms with E-state index >= 15 is 0 Å². The predicted octanol–water partition coefficient (Wildman–Crippen LogP) is 3.04. The molecule has 27 heavy (non-hydrogen) atoms. The first-order valence-electron chi connectivity index (χ1n) is 7.95. The highest BCUT2D eigenvalue weighted by Crippen LogP contribution is 2.20. The van der Waals surface area contributed by atoms with Crippen LogP contribution >= 0.6 is 24.0 Å². The summed E-state index contributed by atoms with van der Waals surface area (Å²) < 4.78 is 27.9. The maximum Gasteiger partial charge on any atom is 0.241 e. The summed E-state index contributed by atoms with van der Waals surface area (Å²) in [7, 11) is -3.15. The van der Waals surface area contributed by atoms with Crippen LogP contribution in [0.25, 0.3) is 0 Å². The lowest BCUT2D eigenvalue weighted by atomic mass is 10.2. The maximum absolute atomic E-state index is 12.0. The Morgan fingerprint density at radius 1 is 1.19 bits per heavy atom. The van der Waals surface area contributed by atoms with E-state index in [1.54, 1.807) is 30.3 Å². The summed E-state index contributed by atoms with van der Waals surface area (Å²) in [5.41, 5.74) is 7.14. The average Bonchev–Trinajstić information content (AvgIpc) is 2.59. The number of amides is 1. The number of carbonyl (C=O) groups is 1. The molecule has 0 aliphatic rings. The molecule has 0 spiro atoms. The van der Waals surface area contributed by atoms with Crippen molar-refractivity contribution >= 4 is 45.4 Å². The van der Waals surface area contributed by atoms with Crippen molar-refractivity contribution in [1.82, 2.24) is 0 Å². The van der Waals surface area contributed by atoms with Gasteiger partial charge in [-0.05, 0) is 36.8 Å². The van der Waals surface area contributed by atoms with Crippen molar-refractivity contribution < 1.29 is 17.9 Å². The molecule has 6 nitrogen and oxygen atoms in total. The van der Waals surface area contributed by atoms with Crippen molar-refractivity contribution in [3.05, 3.63) is 59.1 Å². The Balaban J connectivity index is 0.00000364. The third-order valence-electron chi connectivity index (χ3n) is 3.61. The molecule has 3 N–H and O–H groups in total. The molecule has 1 unspecified atom stereocenters. The summed E-state index contributed by atoms with van der Waals surface area (Å²) >= 11 is 6.08. The number of sulfone groups is 1. The lowest BCUT2D eigenvalue weighted by Gasteiger charge is -2.12. The molecule has 0 fully saturated rings. The van der Waals surface area contributed by atoms with Crippen LogP contribution in [0.5, 0.6) is 5.75 Å². The van der Waals surface area contributed by atoms with Crippen LogP contribution in [0.1, 0.15) is 12.0 Å². The number of ether oxygens (including phenoxy) is 1. The molecule has 0 bridgehead atoms. The van der Waals surface area contributed by atoms with Crippen LogP contribution in [-0.2, 0) is 21.2 Å². The highest BCUT2D eigenvalue weighted by Gasteiger charge is 2.16. The fraction of sp³-hybridized carbons (Fsp3) is 0.278. The number of rotatable bonds is 8. The van der Waals surface area contributed by atoms with E-state index in [-0.39, 0.29) is 24.6 Å². The molecule has 0 aliphatic heterocycles.